The fourth-order valence-corrected chi connectivity index (χ4v) is 14.9. The van der Waals surface area contributed by atoms with Crippen LogP contribution >= 0.6 is 0 Å². The Morgan fingerprint density at radius 2 is 1.35 bits per heavy atom. The van der Waals surface area contributed by atoms with Gasteiger partial charge in [0.05, 0.1) is 31.5 Å². The van der Waals surface area contributed by atoms with Gasteiger partial charge in [0.2, 0.25) is 0 Å². The van der Waals surface area contributed by atoms with E-state index in [1.54, 1.807) is 5.57 Å². The van der Waals surface area contributed by atoms with E-state index in [-0.39, 0.29) is 45.5 Å². The van der Waals surface area contributed by atoms with Gasteiger partial charge in [0.15, 0.2) is 18.9 Å². The summed E-state index contributed by atoms with van der Waals surface area (Å²) in [5.74, 6) is 0.714. The van der Waals surface area contributed by atoms with Crippen molar-refractivity contribution < 1.29 is 79.5 Å². The third kappa shape index (κ3) is 7.64. The summed E-state index contributed by atoms with van der Waals surface area (Å²) in [5.41, 5.74) is 0.655. The molecule has 0 aromatic carbocycles. The van der Waals surface area contributed by atoms with Gasteiger partial charge in [-0.2, -0.15) is 0 Å². The molecule has 0 aromatic rings. The molecular formula is C47H78O16. The number of rotatable bonds is 8. The standard InChI is InChI=1S/C47H78O16/c1-22-30(51)33(54)36(57)40(59-22)61-27-20-58-39(35(56)32(27)53)62-37-34(55)31(52)26(19-48)60-41(37)63-38-25(50)18-44(6)28(43(38,4)5)11-12-46(8)29(44)10-9-23-24-17-42(2,3)13-15-47(24,21-49)16-14-45(23,46)7/h9,22,24-41,48-57H,10-21H2,1-8H3/t22-,24+,25-,26+,27+,28-,29+,30-,31+,32-,33+,34-,35+,36+,37+,38-,39-,40-,41-,44-,45+,46+,47+/m0/s1. The van der Waals surface area contributed by atoms with Gasteiger partial charge in [0.1, 0.15) is 61.0 Å². The van der Waals surface area contributed by atoms with Gasteiger partial charge in [-0.15, -0.1) is 0 Å². The molecule has 0 unspecified atom stereocenters. The molecular weight excluding hydrogens is 821 g/mol. The molecule has 0 amide bonds. The number of fused-ring (bicyclic) bond motifs is 7. The highest BCUT2D eigenvalue weighted by molar-refractivity contribution is 5.34. The van der Waals surface area contributed by atoms with Gasteiger partial charge in [-0.3, -0.25) is 0 Å². The molecule has 0 bridgehead atoms. The van der Waals surface area contributed by atoms with Crippen LogP contribution in [-0.2, 0) is 28.4 Å². The van der Waals surface area contributed by atoms with Crippen LogP contribution in [0.4, 0.5) is 0 Å². The molecule has 7 fully saturated rings. The van der Waals surface area contributed by atoms with E-state index in [4.69, 9.17) is 28.4 Å². The van der Waals surface area contributed by atoms with E-state index in [0.29, 0.717) is 12.3 Å². The lowest BCUT2D eigenvalue weighted by Crippen LogP contribution is -2.68. The van der Waals surface area contributed by atoms with Crippen LogP contribution in [0.1, 0.15) is 113 Å². The van der Waals surface area contributed by atoms with Crippen molar-refractivity contribution in [2.45, 2.75) is 211 Å². The first kappa shape index (κ1) is 48.6. The van der Waals surface area contributed by atoms with Gasteiger partial charge in [-0.1, -0.05) is 60.1 Å². The fraction of sp³-hybridized carbons (Fsp3) is 0.957. The zero-order valence-corrected chi connectivity index (χ0v) is 38.5. The zero-order valence-electron chi connectivity index (χ0n) is 38.5. The van der Waals surface area contributed by atoms with Gasteiger partial charge < -0.3 is 79.5 Å². The Kier molecular flexibility index (Phi) is 13.1. The molecule has 5 aliphatic carbocycles. The summed E-state index contributed by atoms with van der Waals surface area (Å²) in [6.45, 7) is 16.9. The molecule has 0 radical (unpaired) electrons. The molecule has 8 rings (SSSR count). The van der Waals surface area contributed by atoms with Crippen molar-refractivity contribution >= 4 is 0 Å². The van der Waals surface area contributed by atoms with Crippen molar-refractivity contribution in [3.8, 4) is 0 Å². The molecule has 23 atom stereocenters. The Morgan fingerprint density at radius 1 is 0.667 bits per heavy atom. The normalized spacial score (nSPS) is 55.4. The minimum Gasteiger partial charge on any atom is -0.396 e. The van der Waals surface area contributed by atoms with Crippen molar-refractivity contribution in [1.29, 1.82) is 0 Å². The summed E-state index contributed by atoms with van der Waals surface area (Å²) < 4.78 is 35.9. The first-order chi connectivity index (χ1) is 29.4. The van der Waals surface area contributed by atoms with Crippen LogP contribution in [0, 0.1) is 50.2 Å². The Balaban J connectivity index is 1.00. The Bertz CT molecular complexity index is 1680. The van der Waals surface area contributed by atoms with E-state index >= 15 is 0 Å². The molecule has 10 N–H and O–H groups in total. The number of aliphatic hydroxyl groups is 10. The summed E-state index contributed by atoms with van der Waals surface area (Å²) in [4.78, 5) is 0. The summed E-state index contributed by atoms with van der Waals surface area (Å²) in [5, 5.41) is 109. The van der Waals surface area contributed by atoms with E-state index in [1.165, 1.54) is 6.92 Å². The highest BCUT2D eigenvalue weighted by Gasteiger charge is 2.70. The molecule has 3 saturated heterocycles. The Morgan fingerprint density at radius 3 is 2.03 bits per heavy atom. The lowest BCUT2D eigenvalue weighted by Gasteiger charge is -2.72. The van der Waals surface area contributed by atoms with E-state index < -0.39 is 117 Å². The minimum absolute atomic E-state index is 0.0457. The summed E-state index contributed by atoms with van der Waals surface area (Å²) in [6.07, 6.45) is -11.7. The van der Waals surface area contributed by atoms with Crippen molar-refractivity contribution in [1.82, 2.24) is 0 Å². The third-order valence-electron chi connectivity index (χ3n) is 19.0. The molecule has 362 valence electrons. The van der Waals surface area contributed by atoms with Crippen molar-refractivity contribution in [3.63, 3.8) is 0 Å². The Labute approximate surface area is 371 Å². The molecule has 4 saturated carbocycles. The van der Waals surface area contributed by atoms with E-state index in [0.717, 1.165) is 51.4 Å². The Hall–Kier alpha value is -0.900. The third-order valence-corrected chi connectivity index (χ3v) is 19.0. The van der Waals surface area contributed by atoms with Crippen LogP contribution in [0.2, 0.25) is 0 Å². The van der Waals surface area contributed by atoms with E-state index in [9.17, 15) is 51.1 Å². The largest absolute Gasteiger partial charge is 0.396 e. The van der Waals surface area contributed by atoms with Gasteiger partial charge in [-0.05, 0) is 110 Å². The van der Waals surface area contributed by atoms with Crippen LogP contribution in [0.5, 0.6) is 0 Å². The maximum atomic E-state index is 12.3. The molecule has 16 heteroatoms. The van der Waals surface area contributed by atoms with Crippen LogP contribution in [0.3, 0.4) is 0 Å². The van der Waals surface area contributed by atoms with Gasteiger partial charge in [0.25, 0.3) is 0 Å². The number of aliphatic hydroxyl groups excluding tert-OH is 10. The molecule has 3 aliphatic heterocycles. The second-order valence-corrected chi connectivity index (χ2v) is 23.2. The molecule has 0 spiro atoms. The van der Waals surface area contributed by atoms with E-state index in [2.05, 4.69) is 54.5 Å². The molecule has 8 aliphatic rings. The van der Waals surface area contributed by atoms with E-state index in [1.807, 2.05) is 0 Å². The lowest BCUT2D eigenvalue weighted by atomic mass is 9.33. The highest BCUT2D eigenvalue weighted by atomic mass is 16.8. The maximum absolute atomic E-state index is 12.3. The van der Waals surface area contributed by atoms with Crippen LogP contribution in [0.15, 0.2) is 11.6 Å². The van der Waals surface area contributed by atoms with Gasteiger partial charge in [-0.25, -0.2) is 0 Å². The second-order valence-electron chi connectivity index (χ2n) is 23.2. The number of hydrogen-bond donors (Lipinski definition) is 10. The topological polar surface area (TPSA) is 258 Å². The first-order valence-electron chi connectivity index (χ1n) is 23.7. The maximum Gasteiger partial charge on any atom is 0.187 e. The highest BCUT2D eigenvalue weighted by Crippen LogP contribution is 2.76. The lowest BCUT2D eigenvalue weighted by molar-refractivity contribution is -0.382. The fourth-order valence-electron chi connectivity index (χ4n) is 14.9. The van der Waals surface area contributed by atoms with Gasteiger partial charge in [0, 0.05) is 12.0 Å². The number of ether oxygens (including phenoxy) is 6. The summed E-state index contributed by atoms with van der Waals surface area (Å²) >= 11 is 0. The summed E-state index contributed by atoms with van der Waals surface area (Å²) in [6, 6.07) is 0. The predicted molar refractivity (Wildman–Crippen MR) is 224 cm³/mol. The molecule has 16 nitrogen and oxygen atoms in total. The molecule has 0 aromatic heterocycles. The first-order valence-corrected chi connectivity index (χ1v) is 23.7. The van der Waals surface area contributed by atoms with Crippen LogP contribution < -0.4 is 0 Å². The SMILES string of the molecule is C[C@@H]1O[C@@H](O[C@@H]2CO[C@@H](O[C@H]3[C@H](O[C@H]4[C@@H](O)C[C@]5(C)[C@H]6CC=C7[C@H]8CC(C)(C)CC[C@]8(CO)CC[C@@]7(C)[C@]6(C)CC[C@H]5C4(C)C)O[C@H](CO)[C@@H](O)[C@@H]3O)[C@H](O)[C@H]2O)[C@H](O)[C@H](O)[C@H]1O. The predicted octanol–water partition coefficient (Wildman–Crippen LogP) is 1.25. The molecule has 3 heterocycles. The van der Waals surface area contributed by atoms with Crippen molar-refractivity contribution in [2.24, 2.45) is 50.2 Å². The number of allylic oxidation sites excluding steroid dienone is 2. The average Bonchev–Trinajstić information content (AvgIpc) is 3.22. The minimum atomic E-state index is -1.80. The van der Waals surface area contributed by atoms with Crippen LogP contribution in [0.25, 0.3) is 0 Å². The quantitative estimate of drug-likeness (QED) is 0.122. The number of hydrogen-bond acceptors (Lipinski definition) is 16. The summed E-state index contributed by atoms with van der Waals surface area (Å²) in [7, 11) is 0. The average molecular weight is 899 g/mol. The van der Waals surface area contributed by atoms with Crippen molar-refractivity contribution in [2.75, 3.05) is 19.8 Å². The van der Waals surface area contributed by atoms with Crippen molar-refractivity contribution in [3.05, 3.63) is 11.6 Å². The zero-order chi connectivity index (χ0) is 46.0. The monoisotopic (exact) mass is 899 g/mol. The van der Waals surface area contributed by atoms with Crippen LogP contribution in [-0.4, -0.2) is 169 Å². The smallest absolute Gasteiger partial charge is 0.187 e. The molecule has 63 heavy (non-hydrogen) atoms. The van der Waals surface area contributed by atoms with Gasteiger partial charge >= 0.3 is 0 Å². The second kappa shape index (κ2) is 17.0.